The molecule has 1 saturated carbocycles. The summed E-state index contributed by atoms with van der Waals surface area (Å²) in [4.78, 5) is 0. The Morgan fingerprint density at radius 2 is 1.94 bits per heavy atom. The molecule has 1 aliphatic rings. The van der Waals surface area contributed by atoms with Gasteiger partial charge in [0, 0.05) is 0 Å². The van der Waals surface area contributed by atoms with E-state index in [1.807, 2.05) is 0 Å². The Morgan fingerprint density at radius 3 is 2.67 bits per heavy atom. The van der Waals surface area contributed by atoms with Crippen LogP contribution in [-0.2, 0) is 5.60 Å². The molecule has 2 aromatic carbocycles. The van der Waals surface area contributed by atoms with Crippen molar-refractivity contribution in [2.24, 2.45) is 5.92 Å². The molecule has 94 valence electrons. The third-order valence-electron chi connectivity index (χ3n) is 4.46. The second-order valence-electron chi connectivity index (χ2n) is 5.61. The fourth-order valence-electron chi connectivity index (χ4n) is 3.21. The quantitative estimate of drug-likeness (QED) is 0.832. The molecule has 18 heavy (non-hydrogen) atoms. The molecular formula is C17H20O. The van der Waals surface area contributed by atoms with Crippen LogP contribution in [0.4, 0.5) is 0 Å². The van der Waals surface area contributed by atoms with Gasteiger partial charge in [-0.1, -0.05) is 49.7 Å². The average Bonchev–Trinajstić information content (AvgIpc) is 2.81. The zero-order valence-corrected chi connectivity index (χ0v) is 10.9. The summed E-state index contributed by atoms with van der Waals surface area (Å²) >= 11 is 0. The first kappa shape index (κ1) is 11.7. The highest BCUT2D eigenvalue weighted by atomic mass is 16.3. The summed E-state index contributed by atoms with van der Waals surface area (Å²) in [7, 11) is 0. The monoisotopic (exact) mass is 240 g/mol. The molecule has 2 aromatic rings. The zero-order chi connectivity index (χ0) is 12.6. The number of rotatable bonds is 2. The predicted molar refractivity (Wildman–Crippen MR) is 75.5 cm³/mol. The van der Waals surface area contributed by atoms with Crippen LogP contribution < -0.4 is 0 Å². The lowest BCUT2D eigenvalue weighted by Crippen LogP contribution is -2.21. The van der Waals surface area contributed by atoms with E-state index in [1.165, 1.54) is 17.2 Å². The molecule has 0 radical (unpaired) electrons. The summed E-state index contributed by atoms with van der Waals surface area (Å²) in [6, 6.07) is 14.7. The van der Waals surface area contributed by atoms with E-state index < -0.39 is 5.60 Å². The van der Waals surface area contributed by atoms with E-state index in [4.69, 9.17) is 0 Å². The number of fused-ring (bicyclic) bond motifs is 1. The molecule has 2 unspecified atom stereocenters. The van der Waals surface area contributed by atoms with Crippen molar-refractivity contribution < 1.29 is 5.11 Å². The van der Waals surface area contributed by atoms with E-state index in [-0.39, 0.29) is 0 Å². The van der Waals surface area contributed by atoms with Gasteiger partial charge in [0.15, 0.2) is 0 Å². The summed E-state index contributed by atoms with van der Waals surface area (Å²) in [5, 5.41) is 13.3. The maximum atomic E-state index is 10.8. The molecule has 0 bridgehead atoms. The van der Waals surface area contributed by atoms with Gasteiger partial charge in [0.1, 0.15) is 0 Å². The number of benzene rings is 2. The molecule has 2 atom stereocenters. The third-order valence-corrected chi connectivity index (χ3v) is 4.46. The van der Waals surface area contributed by atoms with Gasteiger partial charge in [0.25, 0.3) is 0 Å². The van der Waals surface area contributed by atoms with Gasteiger partial charge in [-0.25, -0.2) is 0 Å². The molecule has 0 aromatic heterocycles. The van der Waals surface area contributed by atoms with Crippen molar-refractivity contribution in [3.8, 4) is 0 Å². The normalized spacial score (nSPS) is 27.8. The predicted octanol–water partition coefficient (Wildman–Crippen LogP) is 4.24. The molecule has 0 heterocycles. The van der Waals surface area contributed by atoms with Gasteiger partial charge in [-0.05, 0) is 47.6 Å². The van der Waals surface area contributed by atoms with Crippen molar-refractivity contribution in [3.05, 3.63) is 48.0 Å². The average molecular weight is 240 g/mol. The SMILES string of the molecule is CCC1CCC(O)(c2ccc3ccccc3c2)C1. The molecule has 1 fully saturated rings. The van der Waals surface area contributed by atoms with Crippen molar-refractivity contribution in [2.45, 2.75) is 38.2 Å². The van der Waals surface area contributed by atoms with Crippen molar-refractivity contribution in [2.75, 3.05) is 0 Å². The van der Waals surface area contributed by atoms with E-state index in [9.17, 15) is 5.11 Å². The molecule has 0 aliphatic heterocycles. The van der Waals surface area contributed by atoms with Crippen LogP contribution in [0.3, 0.4) is 0 Å². The van der Waals surface area contributed by atoms with E-state index in [0.717, 1.165) is 24.8 Å². The largest absolute Gasteiger partial charge is 0.385 e. The summed E-state index contributed by atoms with van der Waals surface area (Å²) < 4.78 is 0. The van der Waals surface area contributed by atoms with Crippen LogP contribution in [0.15, 0.2) is 42.5 Å². The molecule has 0 saturated heterocycles. The molecule has 3 rings (SSSR count). The van der Waals surface area contributed by atoms with Crippen LogP contribution in [0.1, 0.15) is 38.2 Å². The zero-order valence-electron chi connectivity index (χ0n) is 10.9. The highest BCUT2D eigenvalue weighted by Gasteiger charge is 2.37. The lowest BCUT2D eigenvalue weighted by atomic mass is 9.89. The first-order chi connectivity index (χ1) is 8.71. The van der Waals surface area contributed by atoms with Gasteiger partial charge in [0.2, 0.25) is 0 Å². The van der Waals surface area contributed by atoms with Gasteiger partial charge >= 0.3 is 0 Å². The molecule has 1 aliphatic carbocycles. The van der Waals surface area contributed by atoms with Crippen LogP contribution in [0.25, 0.3) is 10.8 Å². The van der Waals surface area contributed by atoms with Crippen LogP contribution in [0.2, 0.25) is 0 Å². The second-order valence-corrected chi connectivity index (χ2v) is 5.61. The standard InChI is InChI=1S/C17H20O/c1-2-13-9-10-17(18,12-13)16-8-7-14-5-3-4-6-15(14)11-16/h3-8,11,13,18H,2,9-10,12H2,1H3. The van der Waals surface area contributed by atoms with E-state index in [2.05, 4.69) is 49.4 Å². The Morgan fingerprint density at radius 1 is 1.17 bits per heavy atom. The summed E-state index contributed by atoms with van der Waals surface area (Å²) in [6.45, 7) is 2.22. The van der Waals surface area contributed by atoms with Gasteiger partial charge in [-0.15, -0.1) is 0 Å². The van der Waals surface area contributed by atoms with E-state index in [1.54, 1.807) is 0 Å². The fourth-order valence-corrected chi connectivity index (χ4v) is 3.21. The van der Waals surface area contributed by atoms with Crippen LogP contribution in [0, 0.1) is 5.92 Å². The van der Waals surface area contributed by atoms with E-state index >= 15 is 0 Å². The first-order valence-electron chi connectivity index (χ1n) is 6.93. The number of hydrogen-bond donors (Lipinski definition) is 1. The Labute approximate surface area is 108 Å². The number of hydrogen-bond acceptors (Lipinski definition) is 1. The molecular weight excluding hydrogens is 220 g/mol. The first-order valence-corrected chi connectivity index (χ1v) is 6.93. The van der Waals surface area contributed by atoms with Gasteiger partial charge in [0.05, 0.1) is 5.60 Å². The molecule has 0 amide bonds. The smallest absolute Gasteiger partial charge is 0.0899 e. The lowest BCUT2D eigenvalue weighted by Gasteiger charge is -2.24. The summed E-state index contributed by atoms with van der Waals surface area (Å²) in [5.74, 6) is 0.682. The molecule has 1 nitrogen and oxygen atoms in total. The second kappa shape index (κ2) is 4.40. The van der Waals surface area contributed by atoms with Crippen molar-refractivity contribution in [1.29, 1.82) is 0 Å². The summed E-state index contributed by atoms with van der Waals surface area (Å²) in [6.07, 6.45) is 4.15. The maximum Gasteiger partial charge on any atom is 0.0899 e. The maximum absolute atomic E-state index is 10.8. The highest BCUT2D eigenvalue weighted by molar-refractivity contribution is 5.83. The Balaban J connectivity index is 1.99. The van der Waals surface area contributed by atoms with E-state index in [0.29, 0.717) is 5.92 Å². The minimum Gasteiger partial charge on any atom is -0.385 e. The minimum absolute atomic E-state index is 0.593. The van der Waals surface area contributed by atoms with Gasteiger partial charge < -0.3 is 5.11 Å². The molecule has 1 heteroatoms. The van der Waals surface area contributed by atoms with Crippen LogP contribution in [0.5, 0.6) is 0 Å². The highest BCUT2D eigenvalue weighted by Crippen LogP contribution is 2.43. The van der Waals surface area contributed by atoms with Gasteiger partial charge in [-0.3, -0.25) is 0 Å². The molecule has 0 spiro atoms. The Hall–Kier alpha value is -1.34. The Bertz CT molecular complexity index is 560. The van der Waals surface area contributed by atoms with Crippen LogP contribution >= 0.6 is 0 Å². The van der Waals surface area contributed by atoms with Gasteiger partial charge in [-0.2, -0.15) is 0 Å². The third kappa shape index (κ3) is 1.93. The number of aliphatic hydroxyl groups is 1. The topological polar surface area (TPSA) is 20.2 Å². The molecule has 1 N–H and O–H groups in total. The van der Waals surface area contributed by atoms with Crippen molar-refractivity contribution >= 4 is 10.8 Å². The summed E-state index contributed by atoms with van der Waals surface area (Å²) in [5.41, 5.74) is 0.502. The van der Waals surface area contributed by atoms with Crippen LogP contribution in [-0.4, -0.2) is 5.11 Å². The van der Waals surface area contributed by atoms with Crippen molar-refractivity contribution in [1.82, 2.24) is 0 Å². The lowest BCUT2D eigenvalue weighted by molar-refractivity contribution is 0.0399. The minimum atomic E-state index is -0.593. The Kier molecular flexibility index (Phi) is 2.87. The van der Waals surface area contributed by atoms with Crippen molar-refractivity contribution in [3.63, 3.8) is 0 Å². The fraction of sp³-hybridized carbons (Fsp3) is 0.412.